The molecule has 0 N–H and O–H groups in total. The zero-order chi connectivity index (χ0) is 11.4. The first-order chi connectivity index (χ1) is 7.79. The fourth-order valence-corrected chi connectivity index (χ4v) is 1.99. The third kappa shape index (κ3) is 2.84. The summed E-state index contributed by atoms with van der Waals surface area (Å²) in [7, 11) is 0. The van der Waals surface area contributed by atoms with E-state index in [2.05, 4.69) is 21.3 Å². The fourth-order valence-electron chi connectivity index (χ4n) is 1.81. The number of pyridine rings is 1. The lowest BCUT2D eigenvalue weighted by Crippen LogP contribution is -2.39. The molecule has 1 aromatic heterocycles. The van der Waals surface area contributed by atoms with Crippen LogP contribution in [0.1, 0.15) is 17.4 Å². The van der Waals surface area contributed by atoms with Crippen molar-refractivity contribution in [2.24, 2.45) is 0 Å². The van der Waals surface area contributed by atoms with Gasteiger partial charge < -0.3 is 4.74 Å². The van der Waals surface area contributed by atoms with Gasteiger partial charge in [0, 0.05) is 42.5 Å². The van der Waals surface area contributed by atoms with Crippen LogP contribution in [0.4, 0.5) is 0 Å². The average molecular weight is 235 g/mol. The standard InChI is InChI=1S/C12H15N2OS/c1-10-2-3-11(8-13-10)12-9-14(5-7-16)4-6-15-12/h2-3,8,12H,4-6,9H2,1H3. The predicted octanol–water partition coefficient (Wildman–Crippen LogP) is 1.64. The lowest BCUT2D eigenvalue weighted by molar-refractivity contribution is -0.0244. The van der Waals surface area contributed by atoms with E-state index in [4.69, 9.17) is 17.0 Å². The monoisotopic (exact) mass is 235 g/mol. The number of ether oxygens (including phenoxy) is 1. The first-order valence-corrected chi connectivity index (χ1v) is 5.82. The highest BCUT2D eigenvalue weighted by Gasteiger charge is 2.21. The summed E-state index contributed by atoms with van der Waals surface area (Å²) in [6.07, 6.45) is 2.01. The van der Waals surface area contributed by atoms with Gasteiger partial charge in [-0.1, -0.05) is 18.3 Å². The number of nitrogens with zero attached hydrogens (tertiary/aromatic N) is 2. The van der Waals surface area contributed by atoms with Crippen molar-refractivity contribution in [1.29, 1.82) is 0 Å². The second kappa shape index (κ2) is 5.48. The van der Waals surface area contributed by atoms with Gasteiger partial charge in [0.1, 0.15) is 0 Å². The number of aryl methyl sites for hydroxylation is 1. The number of hydrogen-bond donors (Lipinski definition) is 0. The van der Waals surface area contributed by atoms with E-state index in [0.29, 0.717) is 0 Å². The van der Waals surface area contributed by atoms with Crippen molar-refractivity contribution in [2.45, 2.75) is 13.0 Å². The molecule has 1 unspecified atom stereocenters. The molecule has 1 aliphatic rings. The van der Waals surface area contributed by atoms with Gasteiger partial charge in [-0.3, -0.25) is 9.88 Å². The maximum atomic E-state index is 5.74. The molecule has 1 saturated heterocycles. The van der Waals surface area contributed by atoms with E-state index in [0.717, 1.165) is 37.5 Å². The summed E-state index contributed by atoms with van der Waals surface area (Å²) in [5.74, 6) is 0. The molecule has 1 fully saturated rings. The van der Waals surface area contributed by atoms with Crippen LogP contribution in [0.3, 0.4) is 0 Å². The molecule has 0 saturated carbocycles. The van der Waals surface area contributed by atoms with E-state index in [1.807, 2.05) is 19.2 Å². The van der Waals surface area contributed by atoms with E-state index in [9.17, 15) is 0 Å². The number of aromatic nitrogens is 1. The highest BCUT2D eigenvalue weighted by molar-refractivity contribution is 7.79. The van der Waals surface area contributed by atoms with Gasteiger partial charge in [-0.25, -0.2) is 0 Å². The predicted molar refractivity (Wildman–Crippen MR) is 66.7 cm³/mol. The van der Waals surface area contributed by atoms with E-state index < -0.39 is 0 Å². The SMILES string of the molecule is Cc1ccc(C2CN(C[C]=S)CCO2)cn1. The van der Waals surface area contributed by atoms with E-state index in [1.165, 1.54) is 0 Å². The van der Waals surface area contributed by atoms with Crippen molar-refractivity contribution >= 4 is 17.6 Å². The molecule has 0 aromatic carbocycles. The minimum Gasteiger partial charge on any atom is -0.371 e. The molecule has 85 valence electrons. The number of thiocarbonyl (C=S) groups is 1. The molecular formula is C12H15N2OS. The van der Waals surface area contributed by atoms with Crippen molar-refractivity contribution in [1.82, 2.24) is 9.88 Å². The molecule has 4 heteroatoms. The third-order valence-corrected chi connectivity index (χ3v) is 2.87. The Labute approximate surface area is 101 Å². The van der Waals surface area contributed by atoms with Crippen LogP contribution in [-0.4, -0.2) is 41.5 Å². The van der Waals surface area contributed by atoms with Crippen molar-refractivity contribution in [3.63, 3.8) is 0 Å². The number of morpholine rings is 1. The van der Waals surface area contributed by atoms with Gasteiger partial charge in [0.15, 0.2) is 0 Å². The van der Waals surface area contributed by atoms with Gasteiger partial charge in [-0.15, -0.1) is 0 Å². The molecule has 0 amide bonds. The minimum absolute atomic E-state index is 0.116. The fraction of sp³-hybridized carbons (Fsp3) is 0.500. The van der Waals surface area contributed by atoms with Crippen LogP contribution < -0.4 is 0 Å². The summed E-state index contributed by atoms with van der Waals surface area (Å²) >= 11 is 4.76. The van der Waals surface area contributed by atoms with Crippen LogP contribution in [0.5, 0.6) is 0 Å². The van der Waals surface area contributed by atoms with Crippen LogP contribution in [0.25, 0.3) is 0 Å². The Morgan fingerprint density at radius 1 is 1.62 bits per heavy atom. The second-order valence-electron chi connectivity index (χ2n) is 3.97. The number of rotatable bonds is 3. The maximum Gasteiger partial charge on any atom is 0.0967 e. The maximum absolute atomic E-state index is 5.74. The molecule has 0 aliphatic carbocycles. The Balaban J connectivity index is 2.03. The van der Waals surface area contributed by atoms with Gasteiger partial charge >= 0.3 is 0 Å². The van der Waals surface area contributed by atoms with Gasteiger partial charge in [-0.05, 0) is 13.0 Å². The molecule has 0 spiro atoms. The summed E-state index contributed by atoms with van der Waals surface area (Å²) in [4.78, 5) is 6.54. The van der Waals surface area contributed by atoms with E-state index >= 15 is 0 Å². The smallest absolute Gasteiger partial charge is 0.0967 e. The van der Waals surface area contributed by atoms with Crippen LogP contribution in [0, 0.1) is 6.92 Å². The second-order valence-corrected chi connectivity index (χ2v) is 4.26. The van der Waals surface area contributed by atoms with E-state index in [-0.39, 0.29) is 6.10 Å². The Morgan fingerprint density at radius 2 is 2.50 bits per heavy atom. The van der Waals surface area contributed by atoms with Crippen molar-refractivity contribution in [3.05, 3.63) is 29.6 Å². The quantitative estimate of drug-likeness (QED) is 0.744. The molecule has 1 radical (unpaired) electrons. The molecule has 1 aromatic rings. The van der Waals surface area contributed by atoms with Crippen LogP contribution in [-0.2, 0) is 4.74 Å². The molecule has 0 bridgehead atoms. The van der Waals surface area contributed by atoms with Gasteiger partial charge in [0.2, 0.25) is 0 Å². The molecule has 3 nitrogen and oxygen atoms in total. The topological polar surface area (TPSA) is 25.4 Å². The highest BCUT2D eigenvalue weighted by atomic mass is 32.1. The minimum atomic E-state index is 0.116. The average Bonchev–Trinajstić information content (AvgIpc) is 2.31. The van der Waals surface area contributed by atoms with Gasteiger partial charge in [0.05, 0.1) is 12.7 Å². The summed E-state index contributed by atoms with van der Waals surface area (Å²) in [6.45, 7) is 5.26. The van der Waals surface area contributed by atoms with Crippen LogP contribution in [0.2, 0.25) is 0 Å². The van der Waals surface area contributed by atoms with Crippen molar-refractivity contribution in [2.75, 3.05) is 26.2 Å². The molecule has 1 atom stereocenters. The highest BCUT2D eigenvalue weighted by Crippen LogP contribution is 2.21. The molecule has 2 rings (SSSR count). The lowest BCUT2D eigenvalue weighted by Gasteiger charge is -2.31. The van der Waals surface area contributed by atoms with Crippen LogP contribution >= 0.6 is 12.2 Å². The van der Waals surface area contributed by atoms with Gasteiger partial charge in [0.25, 0.3) is 0 Å². The molecule has 1 aliphatic heterocycles. The Hall–Kier alpha value is -0.840. The summed E-state index contributed by atoms with van der Waals surface area (Å²) < 4.78 is 5.74. The summed E-state index contributed by atoms with van der Waals surface area (Å²) in [5, 5.41) is 2.76. The van der Waals surface area contributed by atoms with E-state index in [1.54, 1.807) is 0 Å². The van der Waals surface area contributed by atoms with Crippen LogP contribution in [0.15, 0.2) is 18.3 Å². The number of hydrogen-bond acceptors (Lipinski definition) is 4. The summed E-state index contributed by atoms with van der Waals surface area (Å²) in [5.41, 5.74) is 2.17. The third-order valence-electron chi connectivity index (χ3n) is 2.74. The van der Waals surface area contributed by atoms with Gasteiger partial charge in [-0.2, -0.15) is 0 Å². The summed E-state index contributed by atoms with van der Waals surface area (Å²) in [6, 6.07) is 4.10. The van der Waals surface area contributed by atoms with Crippen molar-refractivity contribution < 1.29 is 4.74 Å². The first-order valence-electron chi connectivity index (χ1n) is 5.41. The largest absolute Gasteiger partial charge is 0.371 e. The normalized spacial score (nSPS) is 21.9. The molecule has 16 heavy (non-hydrogen) atoms. The Morgan fingerprint density at radius 3 is 3.19 bits per heavy atom. The van der Waals surface area contributed by atoms with Crippen molar-refractivity contribution in [3.8, 4) is 0 Å². The zero-order valence-corrected chi connectivity index (χ0v) is 10.2. The Bertz CT molecular complexity index is 353. The molecular weight excluding hydrogens is 220 g/mol. The zero-order valence-electron chi connectivity index (χ0n) is 9.35. The Kier molecular flexibility index (Phi) is 3.98. The first kappa shape index (κ1) is 11.6. The lowest BCUT2D eigenvalue weighted by atomic mass is 10.1. The molecule has 2 heterocycles.